The zero-order valence-electron chi connectivity index (χ0n) is 10.6. The van der Waals surface area contributed by atoms with E-state index in [4.69, 9.17) is 0 Å². The highest BCUT2D eigenvalue weighted by atomic mass is 79.9. The Morgan fingerprint density at radius 1 is 1.21 bits per heavy atom. The van der Waals surface area contributed by atoms with E-state index < -0.39 is 0 Å². The zero-order valence-corrected chi connectivity index (χ0v) is 12.2. The van der Waals surface area contributed by atoms with Gasteiger partial charge in [-0.2, -0.15) is 0 Å². The van der Waals surface area contributed by atoms with Gasteiger partial charge in [0.2, 0.25) is 5.56 Å². The lowest BCUT2D eigenvalue weighted by Gasteiger charge is -2.09. The first kappa shape index (κ1) is 13.5. The number of hydrogen-bond acceptors (Lipinski definition) is 2. The summed E-state index contributed by atoms with van der Waals surface area (Å²) in [7, 11) is 0. The average Bonchev–Trinajstić information content (AvgIpc) is 2.36. The van der Waals surface area contributed by atoms with Crippen molar-refractivity contribution in [3.63, 3.8) is 0 Å². The highest BCUT2D eigenvalue weighted by Crippen LogP contribution is 2.25. The molecule has 1 amide bonds. The van der Waals surface area contributed by atoms with Crippen LogP contribution in [-0.4, -0.2) is 10.9 Å². The Hall–Kier alpha value is -1.88. The molecule has 1 aromatic carbocycles. The minimum absolute atomic E-state index is 0.230. The van der Waals surface area contributed by atoms with E-state index in [9.17, 15) is 9.59 Å². The number of halogens is 1. The van der Waals surface area contributed by atoms with Gasteiger partial charge in [0.1, 0.15) is 0 Å². The first-order valence-electron chi connectivity index (χ1n) is 5.74. The van der Waals surface area contributed by atoms with Crippen LogP contribution in [0.4, 0.5) is 5.69 Å². The predicted molar refractivity (Wildman–Crippen MR) is 78.6 cm³/mol. The third-order valence-electron chi connectivity index (χ3n) is 2.74. The normalized spacial score (nSPS) is 10.3. The fourth-order valence-corrected chi connectivity index (χ4v) is 2.00. The summed E-state index contributed by atoms with van der Waals surface area (Å²) in [5, 5.41) is 2.80. The Morgan fingerprint density at radius 3 is 2.37 bits per heavy atom. The quantitative estimate of drug-likeness (QED) is 0.893. The molecule has 0 saturated carbocycles. The molecule has 2 rings (SSSR count). The fraction of sp³-hybridized carbons (Fsp3) is 0.143. The van der Waals surface area contributed by atoms with Gasteiger partial charge in [0.25, 0.3) is 5.91 Å². The van der Waals surface area contributed by atoms with Crippen LogP contribution >= 0.6 is 15.9 Å². The lowest BCUT2D eigenvalue weighted by Crippen LogP contribution is -2.14. The number of aryl methyl sites for hydroxylation is 2. The standard InChI is InChI=1S/C14H13BrN2O2/c1-8-5-11(6-9(2)13(8)15)17-14(19)10-3-4-12(18)16-7-10/h3-7H,1-2H3,(H,16,18)(H,17,19). The smallest absolute Gasteiger partial charge is 0.257 e. The number of nitrogens with one attached hydrogen (secondary N) is 2. The maximum absolute atomic E-state index is 12.0. The largest absolute Gasteiger partial charge is 0.328 e. The van der Waals surface area contributed by atoms with E-state index in [-0.39, 0.29) is 11.5 Å². The Balaban J connectivity index is 2.24. The molecule has 0 saturated heterocycles. The van der Waals surface area contributed by atoms with Crippen molar-refractivity contribution in [1.29, 1.82) is 0 Å². The van der Waals surface area contributed by atoms with Crippen LogP contribution in [-0.2, 0) is 0 Å². The van der Waals surface area contributed by atoms with Gasteiger partial charge in [0.15, 0.2) is 0 Å². The second-order valence-corrected chi connectivity index (χ2v) is 5.11. The maximum atomic E-state index is 12.0. The van der Waals surface area contributed by atoms with Gasteiger partial charge in [-0.05, 0) is 43.2 Å². The molecule has 5 heteroatoms. The number of rotatable bonds is 2. The van der Waals surface area contributed by atoms with Crippen molar-refractivity contribution in [2.24, 2.45) is 0 Å². The van der Waals surface area contributed by atoms with Gasteiger partial charge in [-0.3, -0.25) is 9.59 Å². The molecule has 2 N–H and O–H groups in total. The van der Waals surface area contributed by atoms with Crippen LogP contribution in [0.3, 0.4) is 0 Å². The molecular formula is C14H13BrN2O2. The van der Waals surface area contributed by atoms with Gasteiger partial charge in [-0.15, -0.1) is 0 Å². The molecule has 0 aliphatic heterocycles. The first-order valence-corrected chi connectivity index (χ1v) is 6.53. The summed E-state index contributed by atoms with van der Waals surface area (Å²) in [6, 6.07) is 6.60. The third kappa shape index (κ3) is 3.12. The van der Waals surface area contributed by atoms with Crippen LogP contribution < -0.4 is 10.9 Å². The Morgan fingerprint density at radius 2 is 1.84 bits per heavy atom. The van der Waals surface area contributed by atoms with Crippen LogP contribution in [0, 0.1) is 13.8 Å². The van der Waals surface area contributed by atoms with Gasteiger partial charge in [0, 0.05) is 22.4 Å². The number of anilines is 1. The maximum Gasteiger partial charge on any atom is 0.257 e. The van der Waals surface area contributed by atoms with E-state index in [0.29, 0.717) is 5.56 Å². The minimum Gasteiger partial charge on any atom is -0.328 e. The van der Waals surface area contributed by atoms with Crippen molar-refractivity contribution in [2.45, 2.75) is 13.8 Å². The molecule has 0 bridgehead atoms. The second kappa shape index (κ2) is 5.40. The number of aromatic nitrogens is 1. The van der Waals surface area contributed by atoms with Crippen molar-refractivity contribution in [3.8, 4) is 0 Å². The summed E-state index contributed by atoms with van der Waals surface area (Å²) in [5.41, 5.74) is 3.02. The number of carbonyl (C=O) groups excluding carboxylic acids is 1. The number of carbonyl (C=O) groups is 1. The number of benzene rings is 1. The molecule has 1 heterocycles. The van der Waals surface area contributed by atoms with E-state index in [1.165, 1.54) is 18.3 Å². The van der Waals surface area contributed by atoms with E-state index in [0.717, 1.165) is 21.3 Å². The summed E-state index contributed by atoms with van der Waals surface area (Å²) in [6.07, 6.45) is 1.40. The molecule has 0 aliphatic carbocycles. The fourth-order valence-electron chi connectivity index (χ4n) is 1.77. The van der Waals surface area contributed by atoms with Crippen molar-refractivity contribution < 1.29 is 4.79 Å². The molecule has 19 heavy (non-hydrogen) atoms. The number of pyridine rings is 1. The van der Waals surface area contributed by atoms with Crippen LogP contribution in [0.1, 0.15) is 21.5 Å². The van der Waals surface area contributed by atoms with Gasteiger partial charge in [-0.1, -0.05) is 15.9 Å². The van der Waals surface area contributed by atoms with Crippen molar-refractivity contribution >= 4 is 27.5 Å². The first-order chi connectivity index (χ1) is 8.97. The second-order valence-electron chi connectivity index (χ2n) is 4.32. The van der Waals surface area contributed by atoms with Gasteiger partial charge >= 0.3 is 0 Å². The van der Waals surface area contributed by atoms with Gasteiger partial charge < -0.3 is 10.3 Å². The van der Waals surface area contributed by atoms with E-state index >= 15 is 0 Å². The lowest BCUT2D eigenvalue weighted by molar-refractivity contribution is 0.102. The Bertz CT molecular complexity index is 649. The summed E-state index contributed by atoms with van der Waals surface area (Å²) in [5.74, 6) is -0.252. The average molecular weight is 321 g/mol. The van der Waals surface area contributed by atoms with E-state index in [1.807, 2.05) is 26.0 Å². The molecular weight excluding hydrogens is 308 g/mol. The van der Waals surface area contributed by atoms with Crippen molar-refractivity contribution in [2.75, 3.05) is 5.32 Å². The molecule has 0 fully saturated rings. The molecule has 0 radical (unpaired) electrons. The molecule has 4 nitrogen and oxygen atoms in total. The molecule has 0 atom stereocenters. The number of hydrogen-bond donors (Lipinski definition) is 2. The monoisotopic (exact) mass is 320 g/mol. The van der Waals surface area contributed by atoms with Gasteiger partial charge in [-0.25, -0.2) is 0 Å². The minimum atomic E-state index is -0.252. The summed E-state index contributed by atoms with van der Waals surface area (Å²) in [6.45, 7) is 3.93. The van der Waals surface area contributed by atoms with Crippen LogP contribution in [0.5, 0.6) is 0 Å². The Kier molecular flexibility index (Phi) is 3.85. The SMILES string of the molecule is Cc1cc(NC(=O)c2ccc(=O)[nH]c2)cc(C)c1Br. The number of amides is 1. The van der Waals surface area contributed by atoms with Crippen LogP contribution in [0.25, 0.3) is 0 Å². The van der Waals surface area contributed by atoms with Crippen molar-refractivity contribution in [1.82, 2.24) is 4.98 Å². The van der Waals surface area contributed by atoms with Crippen LogP contribution in [0.15, 0.2) is 39.7 Å². The molecule has 0 aliphatic rings. The lowest BCUT2D eigenvalue weighted by atomic mass is 10.1. The highest BCUT2D eigenvalue weighted by Gasteiger charge is 2.08. The Labute approximate surface area is 119 Å². The van der Waals surface area contributed by atoms with Crippen molar-refractivity contribution in [3.05, 3.63) is 62.0 Å². The third-order valence-corrected chi connectivity index (χ3v) is 3.99. The van der Waals surface area contributed by atoms with Gasteiger partial charge in [0.05, 0.1) is 5.56 Å². The number of aromatic amines is 1. The molecule has 0 unspecified atom stereocenters. The van der Waals surface area contributed by atoms with Crippen LogP contribution in [0.2, 0.25) is 0 Å². The predicted octanol–water partition coefficient (Wildman–Crippen LogP) is 3.01. The molecule has 1 aromatic heterocycles. The zero-order chi connectivity index (χ0) is 14.0. The molecule has 2 aromatic rings. The summed E-state index contributed by atoms with van der Waals surface area (Å²) in [4.78, 5) is 25.4. The highest BCUT2D eigenvalue weighted by molar-refractivity contribution is 9.10. The number of H-pyrrole nitrogens is 1. The van der Waals surface area contributed by atoms with E-state index in [2.05, 4.69) is 26.2 Å². The van der Waals surface area contributed by atoms with E-state index in [1.54, 1.807) is 0 Å². The molecule has 0 spiro atoms. The summed E-state index contributed by atoms with van der Waals surface area (Å²) >= 11 is 3.48. The topological polar surface area (TPSA) is 62.0 Å². The summed E-state index contributed by atoms with van der Waals surface area (Å²) < 4.78 is 1.04. The molecule has 98 valence electrons.